The van der Waals surface area contributed by atoms with Crippen molar-refractivity contribution in [2.24, 2.45) is 5.41 Å². The highest BCUT2D eigenvalue weighted by molar-refractivity contribution is 6.01. The molecule has 3 aliphatic carbocycles. The van der Waals surface area contributed by atoms with Crippen molar-refractivity contribution in [3.63, 3.8) is 0 Å². The van der Waals surface area contributed by atoms with Gasteiger partial charge in [0.25, 0.3) is 0 Å². The number of hydrogen-bond donors (Lipinski definition) is 1. The van der Waals surface area contributed by atoms with Crippen LogP contribution in [0.5, 0.6) is 0 Å². The Morgan fingerprint density at radius 1 is 1.06 bits per heavy atom. The predicted molar refractivity (Wildman–Crippen MR) is 120 cm³/mol. The second kappa shape index (κ2) is 7.61. The van der Waals surface area contributed by atoms with Crippen LogP contribution in [0.25, 0.3) is 5.69 Å². The number of fused-ring (bicyclic) bond motifs is 3. The smallest absolute Gasteiger partial charge is 0.165 e. The zero-order valence-electron chi connectivity index (χ0n) is 18.5. The van der Waals surface area contributed by atoms with Crippen molar-refractivity contribution < 1.29 is 14.0 Å². The van der Waals surface area contributed by atoms with Crippen LogP contribution in [-0.2, 0) is 19.3 Å². The maximum Gasteiger partial charge on any atom is 0.165 e. The van der Waals surface area contributed by atoms with E-state index in [1.807, 2.05) is 6.07 Å². The summed E-state index contributed by atoms with van der Waals surface area (Å²) in [6.45, 7) is 4.25. The van der Waals surface area contributed by atoms with Gasteiger partial charge in [0.2, 0.25) is 0 Å². The number of Topliss-reactive ketones (excluding diaryl/α,β-unsaturated/α-hetero) is 1. The molecule has 4 nitrogen and oxygen atoms in total. The number of nitrogens with zero attached hydrogens (tertiary/aromatic N) is 1. The zero-order chi connectivity index (χ0) is 21.8. The Labute approximate surface area is 183 Å². The van der Waals surface area contributed by atoms with E-state index in [4.69, 9.17) is 0 Å². The summed E-state index contributed by atoms with van der Waals surface area (Å²) < 4.78 is 17.3. The molecule has 5 heteroatoms. The number of carbonyl (C=O) groups excluding carboxylic acids is 2. The molecule has 31 heavy (non-hydrogen) atoms. The lowest BCUT2D eigenvalue weighted by Crippen LogP contribution is -2.28. The average Bonchev–Trinajstić information content (AvgIpc) is 3.27. The van der Waals surface area contributed by atoms with Crippen molar-refractivity contribution in [2.45, 2.75) is 84.1 Å². The molecular formula is C26H31FN2O2. The number of nitrogens with one attached hydrogen (secondary N) is 1. The topological polar surface area (TPSA) is 51.1 Å². The molecule has 0 unspecified atom stereocenters. The van der Waals surface area contributed by atoms with E-state index in [9.17, 15) is 9.59 Å². The van der Waals surface area contributed by atoms with Crippen LogP contribution in [0, 0.1) is 11.2 Å². The molecule has 1 heterocycles. The lowest BCUT2D eigenvalue weighted by molar-refractivity contribution is 0.0909. The summed E-state index contributed by atoms with van der Waals surface area (Å²) in [5, 5.41) is 3.46. The quantitative estimate of drug-likeness (QED) is 0.632. The Balaban J connectivity index is 1.65. The Kier molecular flexibility index (Phi) is 5.03. The van der Waals surface area contributed by atoms with Gasteiger partial charge in [-0.15, -0.1) is 0 Å². The molecule has 0 bridgehead atoms. The molecule has 1 fully saturated rings. The molecule has 0 saturated heterocycles. The fourth-order valence-electron chi connectivity index (χ4n) is 5.98. The molecule has 5 rings (SSSR count). The van der Waals surface area contributed by atoms with Gasteiger partial charge >= 0.3 is 0 Å². The summed E-state index contributed by atoms with van der Waals surface area (Å²) in [5.74, 6) is -0.282. The monoisotopic (exact) mass is 422 g/mol. The summed E-state index contributed by atoms with van der Waals surface area (Å²) >= 11 is 0. The summed E-state index contributed by atoms with van der Waals surface area (Å²) in [6, 6.07) is 3.67. The van der Waals surface area contributed by atoms with Crippen molar-refractivity contribution >= 4 is 17.8 Å². The molecule has 164 valence electrons. The third-order valence-corrected chi connectivity index (χ3v) is 7.34. The lowest BCUT2D eigenvalue weighted by Gasteiger charge is -2.30. The van der Waals surface area contributed by atoms with Gasteiger partial charge in [0, 0.05) is 35.1 Å². The minimum Gasteiger partial charge on any atom is -0.382 e. The minimum absolute atomic E-state index is 0.100. The van der Waals surface area contributed by atoms with E-state index in [0.29, 0.717) is 18.4 Å². The van der Waals surface area contributed by atoms with Gasteiger partial charge in [-0.1, -0.05) is 33.1 Å². The van der Waals surface area contributed by atoms with Crippen LogP contribution in [0.3, 0.4) is 0 Å². The second-order valence-electron chi connectivity index (χ2n) is 10.4. The summed E-state index contributed by atoms with van der Waals surface area (Å²) in [4.78, 5) is 24.8. The molecular weight excluding hydrogens is 391 g/mol. The number of rotatable bonds is 4. The molecule has 1 aromatic carbocycles. The van der Waals surface area contributed by atoms with E-state index in [-0.39, 0.29) is 22.8 Å². The van der Waals surface area contributed by atoms with Crippen molar-refractivity contribution in [3.05, 3.63) is 46.0 Å². The molecule has 0 aliphatic heterocycles. The number of ketones is 1. The van der Waals surface area contributed by atoms with Gasteiger partial charge in [-0.05, 0) is 61.6 Å². The maximum atomic E-state index is 15.1. The van der Waals surface area contributed by atoms with Crippen molar-refractivity contribution in [1.82, 2.24) is 4.57 Å². The molecule has 1 N–H and O–H groups in total. The molecule has 3 aliphatic rings. The normalized spacial score (nSPS) is 20.4. The standard InChI is InChI=1S/C26H31FN2O2/c1-26(2)13-23-25(24(31)14-26)18-9-6-10-22(18)29(23)17-11-20(27)19(15-30)21(12-17)28-16-7-4-3-5-8-16/h11-12,15-16,28H,3-10,13-14H2,1-2H3. The Hall–Kier alpha value is -2.43. The van der Waals surface area contributed by atoms with Crippen LogP contribution in [0.15, 0.2) is 12.1 Å². The fraction of sp³-hybridized carbons (Fsp3) is 0.538. The summed E-state index contributed by atoms with van der Waals surface area (Å²) in [7, 11) is 0. The van der Waals surface area contributed by atoms with E-state index in [0.717, 1.165) is 79.6 Å². The first-order valence-corrected chi connectivity index (χ1v) is 11.7. The first kappa shape index (κ1) is 20.5. The third kappa shape index (κ3) is 3.52. The summed E-state index contributed by atoms with van der Waals surface area (Å²) in [5.41, 5.74) is 5.51. The van der Waals surface area contributed by atoms with Crippen LogP contribution in [0.4, 0.5) is 10.1 Å². The first-order chi connectivity index (χ1) is 14.9. The van der Waals surface area contributed by atoms with Gasteiger partial charge in [0.05, 0.1) is 11.3 Å². The van der Waals surface area contributed by atoms with E-state index < -0.39 is 5.82 Å². The highest BCUT2D eigenvalue weighted by atomic mass is 19.1. The summed E-state index contributed by atoms with van der Waals surface area (Å²) in [6.07, 6.45) is 10.5. The number of halogens is 1. The molecule has 2 aromatic rings. The Morgan fingerprint density at radius 2 is 1.84 bits per heavy atom. The highest BCUT2D eigenvalue weighted by Gasteiger charge is 2.39. The SMILES string of the molecule is CC1(C)CC(=O)c2c3c(n(-c4cc(F)c(C=O)c(NC5CCCCC5)c4)c2C1)CCC3. The Bertz CT molecular complexity index is 1060. The Morgan fingerprint density at radius 3 is 2.58 bits per heavy atom. The van der Waals surface area contributed by atoms with Crippen molar-refractivity contribution in [3.8, 4) is 5.69 Å². The third-order valence-electron chi connectivity index (χ3n) is 7.34. The van der Waals surface area contributed by atoms with Crippen molar-refractivity contribution in [1.29, 1.82) is 0 Å². The first-order valence-electron chi connectivity index (χ1n) is 11.7. The van der Waals surface area contributed by atoms with Gasteiger partial charge in [-0.2, -0.15) is 0 Å². The molecule has 1 saturated carbocycles. The molecule has 0 amide bonds. The number of hydrogen-bond acceptors (Lipinski definition) is 3. The zero-order valence-corrected chi connectivity index (χ0v) is 18.5. The van der Waals surface area contributed by atoms with E-state index in [1.54, 1.807) is 0 Å². The molecule has 0 radical (unpaired) electrons. The second-order valence-corrected chi connectivity index (χ2v) is 10.4. The molecule has 1 aromatic heterocycles. The van der Waals surface area contributed by atoms with E-state index in [1.165, 1.54) is 12.5 Å². The van der Waals surface area contributed by atoms with Crippen LogP contribution in [-0.4, -0.2) is 22.7 Å². The number of aldehydes is 1. The van der Waals surface area contributed by atoms with Gasteiger partial charge in [0.15, 0.2) is 12.1 Å². The number of benzene rings is 1. The van der Waals surface area contributed by atoms with Crippen LogP contribution in [0.2, 0.25) is 0 Å². The minimum atomic E-state index is -0.499. The van der Waals surface area contributed by atoms with Gasteiger partial charge in [0.1, 0.15) is 5.82 Å². The van der Waals surface area contributed by atoms with Crippen LogP contribution in [0.1, 0.15) is 96.5 Å². The van der Waals surface area contributed by atoms with Gasteiger partial charge < -0.3 is 9.88 Å². The maximum absolute atomic E-state index is 15.1. The highest BCUT2D eigenvalue weighted by Crippen LogP contribution is 2.43. The van der Waals surface area contributed by atoms with Crippen LogP contribution < -0.4 is 5.32 Å². The number of carbonyl (C=O) groups is 2. The number of aromatic nitrogens is 1. The van der Waals surface area contributed by atoms with Gasteiger partial charge in [-0.25, -0.2) is 4.39 Å². The molecule has 0 spiro atoms. The largest absolute Gasteiger partial charge is 0.382 e. The van der Waals surface area contributed by atoms with Crippen molar-refractivity contribution in [2.75, 3.05) is 5.32 Å². The number of anilines is 1. The molecule has 0 atom stereocenters. The van der Waals surface area contributed by atoms with E-state index in [2.05, 4.69) is 23.7 Å². The fourth-order valence-corrected chi connectivity index (χ4v) is 5.98. The van der Waals surface area contributed by atoms with Crippen LogP contribution >= 0.6 is 0 Å². The van der Waals surface area contributed by atoms with E-state index >= 15 is 4.39 Å². The lowest BCUT2D eigenvalue weighted by atomic mass is 9.75. The average molecular weight is 423 g/mol. The van der Waals surface area contributed by atoms with Gasteiger partial charge in [-0.3, -0.25) is 9.59 Å². The predicted octanol–water partition coefficient (Wildman–Crippen LogP) is 5.82.